The van der Waals surface area contributed by atoms with Crippen LogP contribution in [0.1, 0.15) is 70.8 Å². The Morgan fingerprint density at radius 1 is 1.06 bits per heavy atom. The second-order valence-corrected chi connectivity index (χ2v) is 11.6. The second kappa shape index (κ2) is 7.85. The maximum atomic E-state index is 12.9. The van der Waals surface area contributed by atoms with Gasteiger partial charge in [-0.2, -0.15) is 0 Å². The first-order valence-electron chi connectivity index (χ1n) is 12.5. The number of carbonyl (C=O) groups is 2. The summed E-state index contributed by atoms with van der Waals surface area (Å²) in [6.07, 6.45) is 10.6. The zero-order chi connectivity index (χ0) is 23.4. The topological polar surface area (TPSA) is 63.6 Å². The van der Waals surface area contributed by atoms with Crippen LogP contribution >= 0.6 is 0 Å². The summed E-state index contributed by atoms with van der Waals surface area (Å²) in [6, 6.07) is 9.74. The molecule has 33 heavy (non-hydrogen) atoms. The van der Waals surface area contributed by atoms with Crippen molar-refractivity contribution in [2.45, 2.75) is 71.3 Å². The van der Waals surface area contributed by atoms with Gasteiger partial charge in [0.1, 0.15) is 6.10 Å². The van der Waals surface area contributed by atoms with Crippen molar-refractivity contribution in [3.05, 3.63) is 54.1 Å². The first-order valence-corrected chi connectivity index (χ1v) is 12.5. The van der Waals surface area contributed by atoms with Crippen molar-refractivity contribution in [1.82, 2.24) is 0 Å². The summed E-state index contributed by atoms with van der Waals surface area (Å²) in [5.41, 5.74) is 1.43. The molecule has 176 valence electrons. The standard InChI is InChI=1S/C29H36O4/c1-19-17-29-16-13-22-27(2,26(31)32)15-14-24(28(22,3)23(29)11-10-21(19)18-29)33-25(30)12-9-20-7-5-4-6-8-20/h4-9,12,21-24H,1,10-11,13-18H2,2-3H3,(H,31,32). The number of allylic oxidation sites excluding steroid dienone is 1. The average molecular weight is 449 g/mol. The fourth-order valence-corrected chi connectivity index (χ4v) is 8.59. The van der Waals surface area contributed by atoms with E-state index in [0.29, 0.717) is 24.7 Å². The Kier molecular flexibility index (Phi) is 5.34. The minimum atomic E-state index is -0.772. The molecular weight excluding hydrogens is 412 g/mol. The predicted molar refractivity (Wildman–Crippen MR) is 128 cm³/mol. The van der Waals surface area contributed by atoms with Gasteiger partial charge in [0.05, 0.1) is 5.41 Å². The summed E-state index contributed by atoms with van der Waals surface area (Å²) < 4.78 is 6.20. The monoisotopic (exact) mass is 448 g/mol. The van der Waals surface area contributed by atoms with Crippen LogP contribution in [0.5, 0.6) is 0 Å². The molecule has 2 bridgehead atoms. The molecule has 4 saturated carbocycles. The van der Waals surface area contributed by atoms with Gasteiger partial charge in [0, 0.05) is 11.5 Å². The molecule has 5 rings (SSSR count). The van der Waals surface area contributed by atoms with E-state index in [-0.39, 0.29) is 28.8 Å². The van der Waals surface area contributed by atoms with Crippen molar-refractivity contribution in [2.75, 3.05) is 0 Å². The van der Waals surface area contributed by atoms with Crippen molar-refractivity contribution in [3.63, 3.8) is 0 Å². The van der Waals surface area contributed by atoms with Crippen molar-refractivity contribution in [1.29, 1.82) is 0 Å². The Bertz CT molecular complexity index is 996. The Balaban J connectivity index is 1.47. The highest BCUT2D eigenvalue weighted by Crippen LogP contribution is 2.72. The number of aliphatic carboxylic acids is 1. The molecule has 4 nitrogen and oxygen atoms in total. The Labute approximate surface area is 197 Å². The first-order chi connectivity index (χ1) is 15.7. The number of carboxylic acids is 1. The number of fused-ring (bicyclic) bond motifs is 3. The predicted octanol–water partition coefficient (Wildman–Crippen LogP) is 6.28. The van der Waals surface area contributed by atoms with Gasteiger partial charge in [-0.05, 0) is 93.1 Å². The molecule has 0 heterocycles. The molecule has 7 atom stereocenters. The summed E-state index contributed by atoms with van der Waals surface area (Å²) in [4.78, 5) is 25.4. The SMILES string of the molecule is C=C1CC23CCC4C(C)(C(=O)O)CCC(OC(=O)C=Cc5ccccc5)C4(C)C2CCC1C3. The summed E-state index contributed by atoms with van der Waals surface area (Å²) >= 11 is 0. The van der Waals surface area contributed by atoms with E-state index in [0.717, 1.165) is 37.7 Å². The van der Waals surface area contributed by atoms with Gasteiger partial charge in [-0.15, -0.1) is 0 Å². The molecule has 1 aromatic rings. The highest BCUT2D eigenvalue weighted by atomic mass is 16.5. The quantitative estimate of drug-likeness (QED) is 0.335. The van der Waals surface area contributed by atoms with Crippen LogP contribution in [0.2, 0.25) is 0 Å². The molecule has 0 saturated heterocycles. The second-order valence-electron chi connectivity index (χ2n) is 11.6. The van der Waals surface area contributed by atoms with E-state index in [2.05, 4.69) is 13.5 Å². The Hall–Kier alpha value is -2.36. The number of benzene rings is 1. The van der Waals surface area contributed by atoms with Crippen LogP contribution < -0.4 is 0 Å². The molecule has 7 unspecified atom stereocenters. The van der Waals surface area contributed by atoms with E-state index in [1.165, 1.54) is 18.1 Å². The van der Waals surface area contributed by atoms with Gasteiger partial charge in [-0.3, -0.25) is 4.79 Å². The molecule has 0 radical (unpaired) electrons. The number of hydrogen-bond donors (Lipinski definition) is 1. The normalized spacial score (nSPS) is 41.9. The molecule has 1 aromatic carbocycles. The van der Waals surface area contributed by atoms with E-state index in [4.69, 9.17) is 4.74 Å². The van der Waals surface area contributed by atoms with Crippen LogP contribution in [0, 0.1) is 34.0 Å². The minimum Gasteiger partial charge on any atom is -0.481 e. The van der Waals surface area contributed by atoms with Gasteiger partial charge in [-0.1, -0.05) is 49.4 Å². The first kappa shape index (κ1) is 22.4. The van der Waals surface area contributed by atoms with Crippen molar-refractivity contribution >= 4 is 18.0 Å². The van der Waals surface area contributed by atoms with Gasteiger partial charge in [-0.25, -0.2) is 4.79 Å². The van der Waals surface area contributed by atoms with Crippen LogP contribution in [0.25, 0.3) is 6.08 Å². The number of rotatable bonds is 4. The zero-order valence-electron chi connectivity index (χ0n) is 19.9. The highest BCUT2D eigenvalue weighted by molar-refractivity contribution is 5.87. The average Bonchev–Trinajstić information content (AvgIpc) is 3.02. The van der Waals surface area contributed by atoms with Crippen LogP contribution in [0.4, 0.5) is 0 Å². The molecule has 1 spiro atoms. The lowest BCUT2D eigenvalue weighted by molar-refractivity contribution is -0.220. The third-order valence-corrected chi connectivity index (χ3v) is 10.1. The fraction of sp³-hybridized carbons (Fsp3) is 0.586. The molecule has 4 heteroatoms. The summed E-state index contributed by atoms with van der Waals surface area (Å²) in [6.45, 7) is 8.59. The smallest absolute Gasteiger partial charge is 0.331 e. The Morgan fingerprint density at radius 3 is 2.55 bits per heavy atom. The van der Waals surface area contributed by atoms with Crippen LogP contribution in [-0.2, 0) is 14.3 Å². The molecule has 0 aliphatic heterocycles. The number of carboxylic acid groups (broad SMARTS) is 1. The third kappa shape index (κ3) is 3.40. The van der Waals surface area contributed by atoms with Crippen molar-refractivity contribution in [3.8, 4) is 0 Å². The summed E-state index contributed by atoms with van der Waals surface area (Å²) in [5.74, 6) is -0.0344. The van der Waals surface area contributed by atoms with E-state index >= 15 is 0 Å². The molecule has 1 N–H and O–H groups in total. The zero-order valence-corrected chi connectivity index (χ0v) is 19.9. The van der Waals surface area contributed by atoms with E-state index in [1.807, 2.05) is 37.3 Å². The number of ether oxygens (including phenoxy) is 1. The lowest BCUT2D eigenvalue weighted by Crippen LogP contribution is -2.64. The molecule has 4 aliphatic carbocycles. The lowest BCUT2D eigenvalue weighted by atomic mass is 9.40. The van der Waals surface area contributed by atoms with Crippen LogP contribution in [0.3, 0.4) is 0 Å². The highest BCUT2D eigenvalue weighted by Gasteiger charge is 2.68. The number of carbonyl (C=O) groups excluding carboxylic acids is 1. The van der Waals surface area contributed by atoms with E-state index < -0.39 is 11.4 Å². The third-order valence-electron chi connectivity index (χ3n) is 10.1. The van der Waals surface area contributed by atoms with Gasteiger partial charge in [0.2, 0.25) is 0 Å². The molecular formula is C29H36O4. The number of hydrogen-bond acceptors (Lipinski definition) is 3. The van der Waals surface area contributed by atoms with Gasteiger partial charge in [0.25, 0.3) is 0 Å². The van der Waals surface area contributed by atoms with Crippen molar-refractivity contribution in [2.24, 2.45) is 34.0 Å². The van der Waals surface area contributed by atoms with Crippen molar-refractivity contribution < 1.29 is 19.4 Å². The maximum absolute atomic E-state index is 12.9. The van der Waals surface area contributed by atoms with E-state index in [1.54, 1.807) is 6.08 Å². The van der Waals surface area contributed by atoms with Gasteiger partial charge < -0.3 is 9.84 Å². The maximum Gasteiger partial charge on any atom is 0.331 e. The number of esters is 1. The summed E-state index contributed by atoms with van der Waals surface area (Å²) in [7, 11) is 0. The van der Waals surface area contributed by atoms with Gasteiger partial charge >= 0.3 is 11.9 Å². The Morgan fingerprint density at radius 2 is 1.82 bits per heavy atom. The van der Waals surface area contributed by atoms with Crippen LogP contribution in [0.15, 0.2) is 48.6 Å². The fourth-order valence-electron chi connectivity index (χ4n) is 8.59. The molecule has 0 amide bonds. The molecule has 4 fully saturated rings. The largest absolute Gasteiger partial charge is 0.481 e. The molecule has 4 aliphatic rings. The van der Waals surface area contributed by atoms with Crippen LogP contribution in [-0.4, -0.2) is 23.1 Å². The van der Waals surface area contributed by atoms with Gasteiger partial charge in [0.15, 0.2) is 0 Å². The minimum absolute atomic E-state index is 0.00759. The lowest BCUT2D eigenvalue weighted by Gasteiger charge is -2.65. The van der Waals surface area contributed by atoms with E-state index in [9.17, 15) is 14.7 Å². The molecule has 0 aromatic heterocycles. The summed E-state index contributed by atoms with van der Waals surface area (Å²) in [5, 5.41) is 10.3.